The van der Waals surface area contributed by atoms with Crippen molar-refractivity contribution in [1.82, 2.24) is 5.32 Å². The summed E-state index contributed by atoms with van der Waals surface area (Å²) < 4.78 is 0. The normalized spacial score (nSPS) is 16.1. The van der Waals surface area contributed by atoms with Crippen molar-refractivity contribution in [2.75, 3.05) is 18.6 Å². The van der Waals surface area contributed by atoms with Crippen molar-refractivity contribution in [3.63, 3.8) is 0 Å². The van der Waals surface area contributed by atoms with E-state index < -0.39 is 5.60 Å². The Kier molecular flexibility index (Phi) is 7.07. The first-order valence-corrected chi connectivity index (χ1v) is 8.77. The topological polar surface area (TPSA) is 32.3 Å². The molecule has 0 aliphatic carbocycles. The van der Waals surface area contributed by atoms with Crippen LogP contribution in [0.2, 0.25) is 0 Å². The predicted octanol–water partition coefficient (Wildman–Crippen LogP) is 3.65. The molecule has 0 aliphatic rings. The van der Waals surface area contributed by atoms with E-state index in [1.54, 1.807) is 11.8 Å². The van der Waals surface area contributed by atoms with Crippen LogP contribution in [-0.4, -0.2) is 29.3 Å². The van der Waals surface area contributed by atoms with Gasteiger partial charge < -0.3 is 10.4 Å². The number of nitrogens with one attached hydrogen (secondary N) is 1. The van der Waals surface area contributed by atoms with Crippen molar-refractivity contribution in [3.05, 3.63) is 35.4 Å². The average molecular weight is 295 g/mol. The summed E-state index contributed by atoms with van der Waals surface area (Å²) in [6.45, 7) is 9.13. The number of thioether (sulfide) groups is 1. The molecular weight excluding hydrogens is 266 g/mol. The Morgan fingerprint density at radius 2 is 1.80 bits per heavy atom. The van der Waals surface area contributed by atoms with E-state index in [0.29, 0.717) is 12.5 Å². The van der Waals surface area contributed by atoms with Crippen LogP contribution in [-0.2, 0) is 6.42 Å². The lowest BCUT2D eigenvalue weighted by atomic mass is 9.99. The van der Waals surface area contributed by atoms with Crippen LogP contribution in [0.15, 0.2) is 24.3 Å². The number of rotatable bonds is 8. The van der Waals surface area contributed by atoms with Crippen LogP contribution in [0.4, 0.5) is 0 Å². The summed E-state index contributed by atoms with van der Waals surface area (Å²) in [5.41, 5.74) is 2.02. The van der Waals surface area contributed by atoms with Crippen molar-refractivity contribution in [1.29, 1.82) is 0 Å². The number of aliphatic hydroxyl groups is 1. The monoisotopic (exact) mass is 295 g/mol. The molecule has 2 N–H and O–H groups in total. The summed E-state index contributed by atoms with van der Waals surface area (Å²) in [5.74, 6) is 1.44. The predicted molar refractivity (Wildman–Crippen MR) is 90.4 cm³/mol. The van der Waals surface area contributed by atoms with E-state index in [0.717, 1.165) is 12.2 Å². The summed E-state index contributed by atoms with van der Waals surface area (Å²) in [4.78, 5) is 0. The molecule has 20 heavy (non-hydrogen) atoms. The molecule has 0 amide bonds. The van der Waals surface area contributed by atoms with E-state index >= 15 is 0 Å². The van der Waals surface area contributed by atoms with Gasteiger partial charge in [-0.05, 0) is 43.6 Å². The third kappa shape index (κ3) is 6.29. The van der Waals surface area contributed by atoms with Gasteiger partial charge in [0.25, 0.3) is 0 Å². The fourth-order valence-corrected chi connectivity index (χ4v) is 2.99. The second kappa shape index (κ2) is 8.06. The van der Waals surface area contributed by atoms with Crippen LogP contribution in [0.3, 0.4) is 0 Å². The second-order valence-electron chi connectivity index (χ2n) is 6.37. The molecule has 2 atom stereocenters. The van der Waals surface area contributed by atoms with Gasteiger partial charge in [-0.3, -0.25) is 0 Å². The van der Waals surface area contributed by atoms with E-state index in [1.807, 2.05) is 13.2 Å². The smallest absolute Gasteiger partial charge is 0.0833 e. The Hall–Kier alpha value is -0.510. The maximum atomic E-state index is 10.2. The Balaban J connectivity index is 2.53. The highest BCUT2D eigenvalue weighted by Gasteiger charge is 2.20. The van der Waals surface area contributed by atoms with E-state index in [1.165, 1.54) is 11.1 Å². The van der Waals surface area contributed by atoms with E-state index in [9.17, 15) is 5.11 Å². The standard InChI is InChI=1S/C17H29NOS/c1-13(2)10-15-6-8-16(9-7-15)14(3)18-11-17(4,19)12-20-5/h6-9,13-14,18-19H,10-12H2,1-5H3. The first-order chi connectivity index (χ1) is 9.34. The molecule has 1 aromatic rings. The molecule has 0 fully saturated rings. The number of hydrogen-bond donors (Lipinski definition) is 2. The molecule has 0 saturated heterocycles. The van der Waals surface area contributed by atoms with Crippen molar-refractivity contribution in [2.24, 2.45) is 5.92 Å². The van der Waals surface area contributed by atoms with Gasteiger partial charge in [-0.25, -0.2) is 0 Å². The lowest BCUT2D eigenvalue weighted by molar-refractivity contribution is 0.0821. The van der Waals surface area contributed by atoms with Gasteiger partial charge in [0.2, 0.25) is 0 Å². The number of benzene rings is 1. The SMILES string of the molecule is CSCC(C)(O)CNC(C)c1ccc(CC(C)C)cc1. The Morgan fingerprint density at radius 1 is 1.20 bits per heavy atom. The molecule has 0 heterocycles. The summed E-state index contributed by atoms with van der Waals surface area (Å²) in [5, 5.41) is 13.6. The fraction of sp³-hybridized carbons (Fsp3) is 0.647. The minimum atomic E-state index is -0.648. The largest absolute Gasteiger partial charge is 0.388 e. The van der Waals surface area contributed by atoms with E-state index in [2.05, 4.69) is 50.4 Å². The van der Waals surface area contributed by atoms with Gasteiger partial charge in [0.15, 0.2) is 0 Å². The Morgan fingerprint density at radius 3 is 2.30 bits per heavy atom. The van der Waals surface area contributed by atoms with Gasteiger partial charge in [0.05, 0.1) is 5.60 Å². The van der Waals surface area contributed by atoms with Gasteiger partial charge in [0.1, 0.15) is 0 Å². The van der Waals surface area contributed by atoms with Crippen molar-refractivity contribution >= 4 is 11.8 Å². The van der Waals surface area contributed by atoms with Crippen LogP contribution in [0, 0.1) is 5.92 Å². The van der Waals surface area contributed by atoms with Crippen LogP contribution in [0.5, 0.6) is 0 Å². The van der Waals surface area contributed by atoms with Crippen molar-refractivity contribution in [2.45, 2.75) is 45.8 Å². The highest BCUT2D eigenvalue weighted by molar-refractivity contribution is 7.98. The van der Waals surface area contributed by atoms with E-state index in [-0.39, 0.29) is 6.04 Å². The zero-order valence-electron chi connectivity index (χ0n) is 13.4. The molecule has 1 aromatic carbocycles. The van der Waals surface area contributed by atoms with E-state index in [4.69, 9.17) is 0 Å². The molecule has 2 nitrogen and oxygen atoms in total. The Bertz CT molecular complexity index is 386. The molecule has 3 heteroatoms. The first-order valence-electron chi connectivity index (χ1n) is 7.37. The lowest BCUT2D eigenvalue weighted by Gasteiger charge is -2.25. The minimum Gasteiger partial charge on any atom is -0.388 e. The lowest BCUT2D eigenvalue weighted by Crippen LogP contribution is -2.40. The highest BCUT2D eigenvalue weighted by atomic mass is 32.2. The van der Waals surface area contributed by atoms with Crippen LogP contribution in [0.1, 0.15) is 44.9 Å². The van der Waals surface area contributed by atoms with Crippen molar-refractivity contribution in [3.8, 4) is 0 Å². The van der Waals surface area contributed by atoms with Gasteiger partial charge in [-0.2, -0.15) is 11.8 Å². The quantitative estimate of drug-likeness (QED) is 0.768. The van der Waals surface area contributed by atoms with Gasteiger partial charge in [0, 0.05) is 18.3 Å². The third-order valence-corrected chi connectivity index (χ3v) is 4.28. The van der Waals surface area contributed by atoms with Gasteiger partial charge >= 0.3 is 0 Å². The maximum absolute atomic E-state index is 10.2. The summed E-state index contributed by atoms with van der Waals surface area (Å²) in [6.07, 6.45) is 3.15. The maximum Gasteiger partial charge on any atom is 0.0833 e. The molecule has 0 radical (unpaired) electrons. The zero-order chi connectivity index (χ0) is 15.2. The van der Waals surface area contributed by atoms with Crippen LogP contribution in [0.25, 0.3) is 0 Å². The molecule has 1 rings (SSSR count). The molecule has 0 saturated carbocycles. The van der Waals surface area contributed by atoms with Crippen LogP contribution >= 0.6 is 11.8 Å². The summed E-state index contributed by atoms with van der Waals surface area (Å²) in [6, 6.07) is 9.08. The molecule has 2 unspecified atom stereocenters. The first kappa shape index (κ1) is 17.5. The zero-order valence-corrected chi connectivity index (χ0v) is 14.3. The fourth-order valence-electron chi connectivity index (χ4n) is 2.27. The van der Waals surface area contributed by atoms with Gasteiger partial charge in [-0.15, -0.1) is 0 Å². The minimum absolute atomic E-state index is 0.261. The van der Waals surface area contributed by atoms with Gasteiger partial charge in [-0.1, -0.05) is 38.1 Å². The van der Waals surface area contributed by atoms with Crippen molar-refractivity contribution < 1.29 is 5.11 Å². The molecule has 0 spiro atoms. The van der Waals surface area contributed by atoms with Crippen LogP contribution < -0.4 is 5.32 Å². The summed E-state index contributed by atoms with van der Waals surface area (Å²) in [7, 11) is 0. The molecule has 114 valence electrons. The molecule has 0 aliphatic heterocycles. The summed E-state index contributed by atoms with van der Waals surface area (Å²) >= 11 is 1.67. The Labute approximate surface area is 128 Å². The second-order valence-corrected chi connectivity index (χ2v) is 7.24. The average Bonchev–Trinajstić information content (AvgIpc) is 2.36. The number of hydrogen-bond acceptors (Lipinski definition) is 3. The highest BCUT2D eigenvalue weighted by Crippen LogP contribution is 2.17. The third-order valence-electron chi connectivity index (χ3n) is 3.37. The molecular formula is C17H29NOS. The molecule has 0 bridgehead atoms. The molecule has 0 aromatic heterocycles.